The van der Waals surface area contributed by atoms with Gasteiger partial charge in [-0.3, -0.25) is 9.59 Å². The number of hydrogen-bond donors (Lipinski definition) is 2. The highest BCUT2D eigenvalue weighted by Crippen LogP contribution is 2.28. The summed E-state index contributed by atoms with van der Waals surface area (Å²) in [6.45, 7) is 2.95. The molecule has 0 aromatic rings. The van der Waals surface area contributed by atoms with Gasteiger partial charge in [-0.15, -0.1) is 0 Å². The van der Waals surface area contributed by atoms with Gasteiger partial charge in [0.1, 0.15) is 0 Å². The van der Waals surface area contributed by atoms with Crippen LogP contribution in [0.25, 0.3) is 0 Å². The summed E-state index contributed by atoms with van der Waals surface area (Å²) >= 11 is 0. The van der Waals surface area contributed by atoms with Gasteiger partial charge in [-0.2, -0.15) is 0 Å². The minimum Gasteiger partial charge on any atom is -0.481 e. The fourth-order valence-electron chi connectivity index (χ4n) is 4.06. The Morgan fingerprint density at radius 2 is 1.43 bits per heavy atom. The van der Waals surface area contributed by atoms with E-state index in [0.717, 1.165) is 51.4 Å². The summed E-state index contributed by atoms with van der Waals surface area (Å²) in [5.41, 5.74) is 0. The van der Waals surface area contributed by atoms with Gasteiger partial charge in [-0.1, -0.05) is 63.3 Å². The van der Waals surface area contributed by atoms with Crippen LogP contribution in [0.1, 0.15) is 110 Å². The van der Waals surface area contributed by atoms with Gasteiger partial charge < -0.3 is 10.4 Å². The summed E-state index contributed by atoms with van der Waals surface area (Å²) in [5, 5.41) is 12.1. The van der Waals surface area contributed by atoms with Crippen molar-refractivity contribution in [3.8, 4) is 0 Å². The zero-order valence-corrected chi connectivity index (χ0v) is 19.2. The number of aliphatic carboxylic acids is 1. The van der Waals surface area contributed by atoms with Gasteiger partial charge >= 0.3 is 5.97 Å². The lowest BCUT2D eigenvalue weighted by Gasteiger charge is -2.26. The third kappa shape index (κ3) is 14.4. The quantitative estimate of drug-likeness (QED) is 0.201. The summed E-state index contributed by atoms with van der Waals surface area (Å²) < 4.78 is 0. The highest BCUT2D eigenvalue weighted by molar-refractivity contribution is 5.75. The molecule has 0 heterocycles. The molecule has 4 heteroatoms. The van der Waals surface area contributed by atoms with Crippen molar-refractivity contribution < 1.29 is 14.7 Å². The van der Waals surface area contributed by atoms with Crippen LogP contribution in [0.3, 0.4) is 0 Å². The second-order valence-corrected chi connectivity index (χ2v) is 8.84. The van der Waals surface area contributed by atoms with E-state index in [0.29, 0.717) is 18.9 Å². The molecule has 0 radical (unpaired) electrons. The van der Waals surface area contributed by atoms with E-state index >= 15 is 0 Å². The Kier molecular flexibility index (Phi) is 16.1. The Balaban J connectivity index is 1.87. The first kappa shape index (κ1) is 26.5. The number of carboxylic acid groups (broad SMARTS) is 1. The lowest BCUT2D eigenvalue weighted by Crippen LogP contribution is -2.32. The van der Waals surface area contributed by atoms with Crippen LogP contribution in [0.5, 0.6) is 0 Å². The molecule has 0 aromatic carbocycles. The Labute approximate surface area is 184 Å². The maximum atomic E-state index is 12.0. The molecule has 0 saturated heterocycles. The Morgan fingerprint density at radius 1 is 0.833 bits per heavy atom. The number of nitrogens with one attached hydrogen (secondary N) is 1. The van der Waals surface area contributed by atoms with Crippen LogP contribution >= 0.6 is 0 Å². The predicted octanol–water partition coefficient (Wildman–Crippen LogP) is 6.81. The zero-order valence-electron chi connectivity index (χ0n) is 19.2. The smallest absolute Gasteiger partial charge is 0.306 e. The van der Waals surface area contributed by atoms with Gasteiger partial charge in [0.25, 0.3) is 0 Å². The minimum atomic E-state index is -0.668. The molecule has 0 spiro atoms. The van der Waals surface area contributed by atoms with E-state index in [1.165, 1.54) is 44.9 Å². The summed E-state index contributed by atoms with van der Waals surface area (Å²) in [4.78, 5) is 22.9. The molecule has 4 nitrogen and oxygen atoms in total. The molecule has 0 aromatic heterocycles. The second-order valence-electron chi connectivity index (χ2n) is 8.84. The monoisotopic (exact) mass is 419 g/mol. The Bertz CT molecular complexity index is 504. The molecule has 1 amide bonds. The van der Waals surface area contributed by atoms with Crippen molar-refractivity contribution in [1.82, 2.24) is 5.32 Å². The molecule has 172 valence electrons. The van der Waals surface area contributed by atoms with Crippen LogP contribution in [-0.4, -0.2) is 23.5 Å². The van der Waals surface area contributed by atoms with Crippen LogP contribution in [0.2, 0.25) is 0 Å². The van der Waals surface area contributed by atoms with Gasteiger partial charge in [0.15, 0.2) is 0 Å². The minimum absolute atomic E-state index is 0.154. The molecule has 0 atom stereocenters. The first-order chi connectivity index (χ1) is 14.6. The number of rotatable bonds is 17. The summed E-state index contributed by atoms with van der Waals surface area (Å²) in [7, 11) is 0. The first-order valence-electron chi connectivity index (χ1n) is 12.4. The van der Waals surface area contributed by atoms with Crippen molar-refractivity contribution in [2.75, 3.05) is 6.54 Å². The third-order valence-corrected chi connectivity index (χ3v) is 6.14. The fourth-order valence-corrected chi connectivity index (χ4v) is 4.06. The molecule has 1 fully saturated rings. The third-order valence-electron chi connectivity index (χ3n) is 6.14. The SMILES string of the molecule is CCCCC/C=C\C/C=C\CCCCCCCC(=O)NCC1CCC(C(=O)O)CC1. The number of carbonyl (C=O) groups excluding carboxylic acids is 1. The molecule has 1 rings (SSSR count). The molecule has 0 unspecified atom stereocenters. The van der Waals surface area contributed by atoms with Crippen molar-refractivity contribution in [2.45, 2.75) is 110 Å². The number of carbonyl (C=O) groups is 2. The molecular formula is C26H45NO3. The highest BCUT2D eigenvalue weighted by Gasteiger charge is 2.25. The van der Waals surface area contributed by atoms with Crippen LogP contribution in [0.15, 0.2) is 24.3 Å². The second kappa shape index (κ2) is 18.2. The van der Waals surface area contributed by atoms with E-state index in [-0.39, 0.29) is 11.8 Å². The number of amides is 1. The van der Waals surface area contributed by atoms with E-state index in [2.05, 4.69) is 36.5 Å². The van der Waals surface area contributed by atoms with E-state index in [1.54, 1.807) is 0 Å². The highest BCUT2D eigenvalue weighted by atomic mass is 16.4. The lowest BCUT2D eigenvalue weighted by atomic mass is 9.82. The fraction of sp³-hybridized carbons (Fsp3) is 0.769. The summed E-state index contributed by atoms with van der Waals surface area (Å²) in [6, 6.07) is 0. The average molecular weight is 420 g/mol. The van der Waals surface area contributed by atoms with Gasteiger partial charge in [-0.05, 0) is 70.1 Å². The normalized spacial score (nSPS) is 19.5. The van der Waals surface area contributed by atoms with Crippen molar-refractivity contribution in [1.29, 1.82) is 0 Å². The average Bonchev–Trinajstić information content (AvgIpc) is 2.75. The summed E-state index contributed by atoms with van der Waals surface area (Å²) in [5.74, 6) is -0.237. The number of carboxylic acids is 1. The molecule has 1 aliphatic rings. The molecular weight excluding hydrogens is 374 g/mol. The number of unbranched alkanes of at least 4 members (excludes halogenated alkanes) is 8. The lowest BCUT2D eigenvalue weighted by molar-refractivity contribution is -0.143. The van der Waals surface area contributed by atoms with Crippen molar-refractivity contribution in [3.05, 3.63) is 24.3 Å². The van der Waals surface area contributed by atoms with Crippen molar-refractivity contribution in [2.24, 2.45) is 11.8 Å². The van der Waals surface area contributed by atoms with E-state index < -0.39 is 5.97 Å². The Hall–Kier alpha value is -1.58. The first-order valence-corrected chi connectivity index (χ1v) is 12.4. The van der Waals surface area contributed by atoms with Crippen LogP contribution in [-0.2, 0) is 9.59 Å². The standard InChI is InChI=1S/C26H45NO3/c1-2-3-4-5-6-7-8-9-10-11-12-13-14-15-16-17-25(28)27-22-23-18-20-24(21-19-23)26(29)30/h6-7,9-10,23-24H,2-5,8,11-22H2,1H3,(H,27,28)(H,29,30)/b7-6-,10-9-. The molecule has 30 heavy (non-hydrogen) atoms. The van der Waals surface area contributed by atoms with Gasteiger partial charge in [0, 0.05) is 13.0 Å². The maximum Gasteiger partial charge on any atom is 0.306 e. The van der Waals surface area contributed by atoms with Crippen LogP contribution in [0, 0.1) is 11.8 Å². The Morgan fingerprint density at radius 3 is 2.07 bits per heavy atom. The van der Waals surface area contributed by atoms with E-state index in [1.807, 2.05) is 0 Å². The topological polar surface area (TPSA) is 66.4 Å². The van der Waals surface area contributed by atoms with Gasteiger partial charge in [0.2, 0.25) is 5.91 Å². The molecule has 1 saturated carbocycles. The predicted molar refractivity (Wildman–Crippen MR) is 125 cm³/mol. The molecule has 0 bridgehead atoms. The van der Waals surface area contributed by atoms with Crippen LogP contribution < -0.4 is 5.32 Å². The van der Waals surface area contributed by atoms with E-state index in [9.17, 15) is 9.59 Å². The van der Waals surface area contributed by atoms with Crippen LogP contribution in [0.4, 0.5) is 0 Å². The molecule has 0 aliphatic heterocycles. The largest absolute Gasteiger partial charge is 0.481 e. The number of allylic oxidation sites excluding steroid dienone is 4. The van der Waals surface area contributed by atoms with E-state index in [4.69, 9.17) is 5.11 Å². The zero-order chi connectivity index (χ0) is 21.9. The van der Waals surface area contributed by atoms with Gasteiger partial charge in [-0.25, -0.2) is 0 Å². The summed E-state index contributed by atoms with van der Waals surface area (Å²) in [6.07, 6.45) is 26.3. The number of hydrogen-bond acceptors (Lipinski definition) is 2. The van der Waals surface area contributed by atoms with Crippen molar-refractivity contribution in [3.63, 3.8) is 0 Å². The molecule has 2 N–H and O–H groups in total. The molecule has 1 aliphatic carbocycles. The van der Waals surface area contributed by atoms with Gasteiger partial charge in [0.05, 0.1) is 5.92 Å². The maximum absolute atomic E-state index is 12.0. The van der Waals surface area contributed by atoms with Crippen molar-refractivity contribution >= 4 is 11.9 Å².